The van der Waals surface area contributed by atoms with Crippen molar-refractivity contribution in [2.24, 2.45) is 0 Å². The quantitative estimate of drug-likeness (QED) is 0.410. The summed E-state index contributed by atoms with van der Waals surface area (Å²) in [6, 6.07) is 0. The van der Waals surface area contributed by atoms with Gasteiger partial charge in [0, 0.05) is 7.11 Å². The van der Waals surface area contributed by atoms with Gasteiger partial charge in [0.05, 0.1) is 6.61 Å². The fourth-order valence-electron chi connectivity index (χ4n) is 1.62. The van der Waals surface area contributed by atoms with Crippen LogP contribution in [-0.4, -0.2) is 64.3 Å². The zero-order valence-corrected chi connectivity index (χ0v) is 8.41. The Hall–Kier alpha value is -0.500. The second-order valence-electron chi connectivity index (χ2n) is 3.46. The smallest absolute Gasteiger partial charge is 0.184 e. The molecular formula is C9H16O6. The second kappa shape index (κ2) is 4.56. The Morgan fingerprint density at radius 1 is 1.47 bits per heavy atom. The minimum absolute atomic E-state index is 0.568. The van der Waals surface area contributed by atoms with Gasteiger partial charge in [-0.3, -0.25) is 0 Å². The van der Waals surface area contributed by atoms with E-state index < -0.39 is 36.8 Å². The van der Waals surface area contributed by atoms with Crippen molar-refractivity contribution in [1.82, 2.24) is 0 Å². The number of aliphatic hydroxyl groups excluding tert-OH is 4. The third-order valence-electron chi connectivity index (χ3n) is 2.65. The molecule has 3 unspecified atom stereocenters. The van der Waals surface area contributed by atoms with E-state index in [4.69, 9.17) is 14.6 Å². The van der Waals surface area contributed by atoms with Gasteiger partial charge in [0.2, 0.25) is 0 Å². The maximum atomic E-state index is 9.82. The van der Waals surface area contributed by atoms with Gasteiger partial charge in [-0.05, 0) is 0 Å². The van der Waals surface area contributed by atoms with Crippen molar-refractivity contribution in [2.75, 3.05) is 13.7 Å². The Morgan fingerprint density at radius 3 is 2.47 bits per heavy atom. The summed E-state index contributed by atoms with van der Waals surface area (Å²) in [5.74, 6) is 0. The minimum atomic E-state index is -1.54. The summed E-state index contributed by atoms with van der Waals surface area (Å²) in [5, 5.41) is 37.8. The van der Waals surface area contributed by atoms with E-state index in [1.54, 1.807) is 0 Å². The lowest BCUT2D eigenvalue weighted by Crippen LogP contribution is -2.65. The standard InChI is InChI=1S/C9H16O6/c1-3-9(4-10)7(12)6(14-2)5(11)8(13)15-9/h3,5-8,10-13H,1,4H2,2H3/t5?,6?,7-,8+,9?/m0/s1. The number of ether oxygens (including phenoxy) is 2. The third-order valence-corrected chi connectivity index (χ3v) is 2.65. The molecule has 0 bridgehead atoms. The first-order valence-corrected chi connectivity index (χ1v) is 4.51. The van der Waals surface area contributed by atoms with Crippen LogP contribution in [0.25, 0.3) is 0 Å². The van der Waals surface area contributed by atoms with E-state index in [1.807, 2.05) is 0 Å². The normalized spacial score (nSPS) is 46.5. The van der Waals surface area contributed by atoms with Crippen molar-refractivity contribution < 1.29 is 29.9 Å². The van der Waals surface area contributed by atoms with Crippen LogP contribution in [0.4, 0.5) is 0 Å². The number of hydrogen-bond acceptors (Lipinski definition) is 6. The van der Waals surface area contributed by atoms with E-state index in [9.17, 15) is 15.3 Å². The molecule has 0 aromatic heterocycles. The molecule has 0 radical (unpaired) electrons. The summed E-state index contributed by atoms with van der Waals surface area (Å²) in [4.78, 5) is 0. The summed E-state index contributed by atoms with van der Waals surface area (Å²) in [5.41, 5.74) is -1.51. The highest BCUT2D eigenvalue weighted by Crippen LogP contribution is 2.31. The third kappa shape index (κ3) is 1.92. The number of aliphatic hydroxyl groups is 4. The fraction of sp³-hybridized carbons (Fsp3) is 0.778. The average molecular weight is 220 g/mol. The summed E-state index contributed by atoms with van der Waals surface area (Å²) in [7, 11) is 1.28. The molecule has 1 fully saturated rings. The van der Waals surface area contributed by atoms with E-state index in [-0.39, 0.29) is 0 Å². The summed E-state index contributed by atoms with van der Waals surface area (Å²) in [6.07, 6.45) is -4.07. The number of methoxy groups -OCH3 is 1. The Morgan fingerprint density at radius 2 is 2.07 bits per heavy atom. The lowest BCUT2D eigenvalue weighted by molar-refractivity contribution is -0.315. The molecule has 0 aromatic rings. The first-order chi connectivity index (χ1) is 7.02. The van der Waals surface area contributed by atoms with Crippen LogP contribution in [0.5, 0.6) is 0 Å². The van der Waals surface area contributed by atoms with Crippen LogP contribution >= 0.6 is 0 Å². The predicted octanol–water partition coefficient (Wildman–Crippen LogP) is -2.01. The molecule has 88 valence electrons. The van der Waals surface area contributed by atoms with Gasteiger partial charge in [0.25, 0.3) is 0 Å². The van der Waals surface area contributed by atoms with Crippen LogP contribution in [0, 0.1) is 0 Å². The number of rotatable bonds is 3. The van der Waals surface area contributed by atoms with Crippen LogP contribution in [-0.2, 0) is 9.47 Å². The van der Waals surface area contributed by atoms with Crippen molar-refractivity contribution in [1.29, 1.82) is 0 Å². The predicted molar refractivity (Wildman–Crippen MR) is 49.9 cm³/mol. The van der Waals surface area contributed by atoms with E-state index in [1.165, 1.54) is 13.2 Å². The van der Waals surface area contributed by atoms with Crippen molar-refractivity contribution in [3.63, 3.8) is 0 Å². The van der Waals surface area contributed by atoms with E-state index in [0.29, 0.717) is 0 Å². The molecule has 1 aliphatic heterocycles. The first kappa shape index (κ1) is 12.6. The van der Waals surface area contributed by atoms with E-state index in [2.05, 4.69) is 6.58 Å². The summed E-state index contributed by atoms with van der Waals surface area (Å²) in [6.45, 7) is 2.84. The molecule has 1 saturated heterocycles. The molecule has 1 heterocycles. The maximum Gasteiger partial charge on any atom is 0.184 e. The van der Waals surface area contributed by atoms with Gasteiger partial charge in [0.1, 0.15) is 23.9 Å². The second-order valence-corrected chi connectivity index (χ2v) is 3.46. The molecular weight excluding hydrogens is 204 g/mol. The minimum Gasteiger partial charge on any atom is -0.393 e. The molecule has 5 atom stereocenters. The van der Waals surface area contributed by atoms with Gasteiger partial charge in [-0.1, -0.05) is 6.08 Å². The molecule has 1 rings (SSSR count). The topological polar surface area (TPSA) is 99.4 Å². The highest BCUT2D eigenvalue weighted by molar-refractivity contribution is 5.09. The molecule has 0 aliphatic carbocycles. The molecule has 0 saturated carbocycles. The van der Waals surface area contributed by atoms with Crippen LogP contribution in [0.1, 0.15) is 0 Å². The average Bonchev–Trinajstić information content (AvgIpc) is 2.25. The van der Waals surface area contributed by atoms with E-state index in [0.717, 1.165) is 0 Å². The molecule has 4 N–H and O–H groups in total. The first-order valence-electron chi connectivity index (χ1n) is 4.51. The Kier molecular flexibility index (Phi) is 3.82. The van der Waals surface area contributed by atoms with Gasteiger partial charge in [-0.15, -0.1) is 6.58 Å². The summed E-state index contributed by atoms with van der Waals surface area (Å²) < 4.78 is 9.78. The lowest BCUT2D eigenvalue weighted by atomic mass is 9.87. The Bertz CT molecular complexity index is 233. The fourth-order valence-corrected chi connectivity index (χ4v) is 1.62. The highest BCUT2D eigenvalue weighted by atomic mass is 16.7. The monoisotopic (exact) mass is 220 g/mol. The van der Waals surface area contributed by atoms with Crippen LogP contribution in [0.2, 0.25) is 0 Å². The Labute approximate surface area is 87.4 Å². The van der Waals surface area contributed by atoms with Gasteiger partial charge < -0.3 is 29.9 Å². The molecule has 0 spiro atoms. The van der Waals surface area contributed by atoms with Gasteiger partial charge in [0.15, 0.2) is 6.29 Å². The van der Waals surface area contributed by atoms with Crippen molar-refractivity contribution in [2.45, 2.75) is 30.2 Å². The van der Waals surface area contributed by atoms with Gasteiger partial charge in [-0.2, -0.15) is 0 Å². The highest BCUT2D eigenvalue weighted by Gasteiger charge is 2.52. The lowest BCUT2D eigenvalue weighted by Gasteiger charge is -2.46. The zero-order valence-electron chi connectivity index (χ0n) is 8.41. The maximum absolute atomic E-state index is 9.82. The SMILES string of the molecule is C=CC1(CO)O[C@@H](O)C(O)C(OC)[C@@H]1O. The van der Waals surface area contributed by atoms with Crippen molar-refractivity contribution in [3.05, 3.63) is 12.7 Å². The van der Waals surface area contributed by atoms with Crippen LogP contribution < -0.4 is 0 Å². The van der Waals surface area contributed by atoms with Gasteiger partial charge >= 0.3 is 0 Å². The molecule has 15 heavy (non-hydrogen) atoms. The molecule has 0 aromatic carbocycles. The summed E-state index contributed by atoms with van der Waals surface area (Å²) >= 11 is 0. The zero-order chi connectivity index (χ0) is 11.6. The molecule has 6 heteroatoms. The number of hydrogen-bond donors (Lipinski definition) is 4. The van der Waals surface area contributed by atoms with Crippen LogP contribution in [0.3, 0.4) is 0 Å². The van der Waals surface area contributed by atoms with Crippen molar-refractivity contribution >= 4 is 0 Å². The molecule has 1 aliphatic rings. The Balaban J connectivity index is 2.98. The van der Waals surface area contributed by atoms with Gasteiger partial charge in [-0.25, -0.2) is 0 Å². The molecule has 0 amide bonds. The van der Waals surface area contributed by atoms with Crippen molar-refractivity contribution in [3.8, 4) is 0 Å². The largest absolute Gasteiger partial charge is 0.393 e. The van der Waals surface area contributed by atoms with Crippen LogP contribution in [0.15, 0.2) is 12.7 Å². The van der Waals surface area contributed by atoms with E-state index >= 15 is 0 Å². The molecule has 6 nitrogen and oxygen atoms in total.